The van der Waals surface area contributed by atoms with Crippen molar-refractivity contribution in [2.24, 2.45) is 10.7 Å². The van der Waals surface area contributed by atoms with E-state index in [4.69, 9.17) is 29.7 Å². The number of rotatable bonds is 6. The van der Waals surface area contributed by atoms with Crippen molar-refractivity contribution >= 4 is 19.6 Å². The monoisotopic (exact) mass is 467 g/mol. The lowest BCUT2D eigenvalue weighted by atomic mass is 10.1. The zero-order chi connectivity index (χ0) is 22.5. The molecule has 0 aromatic carbocycles. The van der Waals surface area contributed by atoms with Crippen LogP contribution in [0.25, 0.3) is 0 Å². The Morgan fingerprint density at radius 1 is 1.23 bits per heavy atom. The number of aliphatic imine (C=N–C) groups is 1. The van der Waals surface area contributed by atoms with Gasteiger partial charge >= 0.3 is 7.82 Å². The number of phosphoric acid groups is 1. The van der Waals surface area contributed by atoms with E-state index in [9.17, 15) is 25.0 Å². The molecule has 1 unspecified atom stereocenters. The van der Waals surface area contributed by atoms with E-state index < -0.39 is 63.8 Å². The number of aliphatic hydroxyl groups excluding tert-OH is 4. The lowest BCUT2D eigenvalue weighted by Gasteiger charge is -2.27. The van der Waals surface area contributed by atoms with Crippen molar-refractivity contribution in [1.29, 1.82) is 0 Å². The number of nitrogens with two attached hydrogens (primary N) is 1. The summed E-state index contributed by atoms with van der Waals surface area (Å²) in [5.41, 5.74) is 6.23. The largest absolute Gasteiger partial charge is 0.472 e. The van der Waals surface area contributed by atoms with Crippen molar-refractivity contribution in [1.82, 2.24) is 9.55 Å². The van der Waals surface area contributed by atoms with E-state index >= 15 is 0 Å². The van der Waals surface area contributed by atoms with Gasteiger partial charge in [-0.25, -0.2) is 14.5 Å². The molecule has 16 nitrogen and oxygen atoms in total. The van der Waals surface area contributed by atoms with Gasteiger partial charge in [-0.05, 0) is 0 Å². The number of hydrogen-bond donors (Lipinski definition) is 8. The predicted molar refractivity (Wildman–Crippen MR) is 96.9 cm³/mol. The number of aromatic nitrogens is 2. The third-order valence-electron chi connectivity index (χ3n) is 4.99. The number of aliphatic hydroxyl groups is 4. The van der Waals surface area contributed by atoms with E-state index in [1.807, 2.05) is 0 Å². The van der Waals surface area contributed by atoms with Crippen LogP contribution in [0.15, 0.2) is 11.3 Å². The molecule has 3 aliphatic rings. The molecule has 1 aromatic heterocycles. The van der Waals surface area contributed by atoms with Crippen LogP contribution in [-0.2, 0) is 29.8 Å². The highest BCUT2D eigenvalue weighted by Gasteiger charge is 2.52. The number of guanidine groups is 1. The molecule has 3 aliphatic heterocycles. The van der Waals surface area contributed by atoms with E-state index in [0.29, 0.717) is 11.5 Å². The van der Waals surface area contributed by atoms with Gasteiger partial charge in [0, 0.05) is 0 Å². The van der Waals surface area contributed by atoms with Gasteiger partial charge in [-0.1, -0.05) is 0 Å². The minimum absolute atomic E-state index is 0.124. The summed E-state index contributed by atoms with van der Waals surface area (Å²) in [5, 5.41) is 43.0. The quantitative estimate of drug-likeness (QED) is 0.188. The van der Waals surface area contributed by atoms with Crippen molar-refractivity contribution in [2.45, 2.75) is 55.9 Å². The van der Waals surface area contributed by atoms with Crippen LogP contribution in [0.1, 0.15) is 11.9 Å². The molecule has 0 amide bonds. The Labute approximate surface area is 174 Å². The fraction of sp³-hybridized carbons (Fsp3) is 0.714. The minimum atomic E-state index is -5.04. The number of ether oxygens (including phenoxy) is 3. The highest BCUT2D eigenvalue weighted by Crippen LogP contribution is 2.42. The smallest absolute Gasteiger partial charge is 0.394 e. The highest BCUT2D eigenvalue weighted by molar-refractivity contribution is 7.46. The van der Waals surface area contributed by atoms with Gasteiger partial charge in [0.25, 0.3) is 0 Å². The number of fused-ring (bicyclic) bond motifs is 1. The molecule has 4 heterocycles. The number of phosphoric ester groups is 1. The first kappa shape index (κ1) is 22.5. The second-order valence-corrected chi connectivity index (χ2v) is 8.25. The molecule has 8 atom stereocenters. The van der Waals surface area contributed by atoms with E-state index in [0.717, 1.165) is 0 Å². The lowest BCUT2D eigenvalue weighted by Crippen LogP contribution is -2.42. The Balaban J connectivity index is 1.56. The number of nitrogens with one attached hydrogen (secondary N) is 1. The third-order valence-corrected chi connectivity index (χ3v) is 5.47. The van der Waals surface area contributed by atoms with Gasteiger partial charge in [0.2, 0.25) is 6.29 Å². The van der Waals surface area contributed by atoms with Crippen LogP contribution >= 0.6 is 7.82 Å². The second kappa shape index (κ2) is 8.34. The molecule has 1 aromatic rings. The van der Waals surface area contributed by atoms with Crippen molar-refractivity contribution in [2.75, 3.05) is 11.9 Å². The fourth-order valence-corrected chi connectivity index (χ4v) is 3.96. The fourth-order valence-electron chi connectivity index (χ4n) is 3.51. The molecule has 0 bridgehead atoms. The molecule has 17 heteroatoms. The zero-order valence-corrected chi connectivity index (χ0v) is 16.6. The van der Waals surface area contributed by atoms with Gasteiger partial charge in [-0.3, -0.25) is 9.09 Å². The van der Waals surface area contributed by atoms with Crippen LogP contribution in [0.2, 0.25) is 0 Å². The molecular weight excluding hydrogens is 445 g/mol. The summed E-state index contributed by atoms with van der Waals surface area (Å²) in [6.45, 7) is -0.366. The summed E-state index contributed by atoms with van der Waals surface area (Å²) in [7, 11) is -5.04. The van der Waals surface area contributed by atoms with Gasteiger partial charge in [0.05, 0.1) is 19.5 Å². The van der Waals surface area contributed by atoms with Crippen molar-refractivity contribution in [3.05, 3.63) is 12.0 Å². The van der Waals surface area contributed by atoms with E-state index in [-0.39, 0.29) is 12.5 Å². The summed E-state index contributed by atoms with van der Waals surface area (Å²) >= 11 is 0. The first-order valence-corrected chi connectivity index (χ1v) is 10.6. The first-order valence-electron chi connectivity index (χ1n) is 9.07. The number of anilines is 1. The Hall–Kier alpha value is -1.69. The van der Waals surface area contributed by atoms with Crippen LogP contribution in [0.4, 0.5) is 5.82 Å². The molecular formula is C14H22N5O11P. The SMILES string of the molecule is NC1=NCc2ncn([C@@H]3O[C@H](CO)[C@@H](O)[C@H]3OC3O[C@H](OP(=O)(O)O)[C@@H](O)[C@H]3O)c2N1. The van der Waals surface area contributed by atoms with Crippen molar-refractivity contribution in [3.8, 4) is 0 Å². The molecule has 9 N–H and O–H groups in total. The maximum atomic E-state index is 11.0. The molecule has 0 radical (unpaired) electrons. The van der Waals surface area contributed by atoms with Crippen LogP contribution < -0.4 is 11.1 Å². The summed E-state index contributed by atoms with van der Waals surface area (Å²) in [5.74, 6) is 0.534. The summed E-state index contributed by atoms with van der Waals surface area (Å²) in [6, 6.07) is 0. The van der Waals surface area contributed by atoms with Gasteiger partial charge in [0.1, 0.15) is 42.0 Å². The van der Waals surface area contributed by atoms with Crippen LogP contribution in [0.3, 0.4) is 0 Å². The molecule has 2 fully saturated rings. The Morgan fingerprint density at radius 2 is 1.94 bits per heavy atom. The third kappa shape index (κ3) is 4.33. The second-order valence-electron chi connectivity index (χ2n) is 7.06. The van der Waals surface area contributed by atoms with Gasteiger partial charge < -0.3 is 55.5 Å². The van der Waals surface area contributed by atoms with Gasteiger partial charge in [-0.2, -0.15) is 0 Å². The molecule has 174 valence electrons. The molecule has 0 aliphatic carbocycles. The normalized spacial score (nSPS) is 38.1. The average molecular weight is 467 g/mol. The molecule has 2 saturated heterocycles. The first-order chi connectivity index (χ1) is 14.6. The molecule has 0 spiro atoms. The summed E-state index contributed by atoms with van der Waals surface area (Å²) in [6.07, 6.45) is -10.6. The lowest BCUT2D eigenvalue weighted by molar-refractivity contribution is -0.238. The van der Waals surface area contributed by atoms with Crippen molar-refractivity contribution in [3.63, 3.8) is 0 Å². The molecule has 4 rings (SSSR count). The maximum absolute atomic E-state index is 11.0. The Bertz CT molecular complexity index is 892. The van der Waals surface area contributed by atoms with Crippen LogP contribution in [0.5, 0.6) is 0 Å². The molecule has 0 saturated carbocycles. The van der Waals surface area contributed by atoms with E-state index in [1.54, 1.807) is 0 Å². The number of hydrogen-bond acceptors (Lipinski definition) is 13. The Kier molecular flexibility index (Phi) is 6.06. The van der Waals surface area contributed by atoms with E-state index in [1.165, 1.54) is 10.9 Å². The highest BCUT2D eigenvalue weighted by atomic mass is 31.2. The van der Waals surface area contributed by atoms with Gasteiger partial charge in [0.15, 0.2) is 18.5 Å². The van der Waals surface area contributed by atoms with Crippen LogP contribution in [0, 0.1) is 0 Å². The van der Waals surface area contributed by atoms with E-state index in [2.05, 4.69) is 19.8 Å². The Morgan fingerprint density at radius 3 is 2.61 bits per heavy atom. The summed E-state index contributed by atoms with van der Waals surface area (Å²) < 4.78 is 33.2. The average Bonchev–Trinajstić information content (AvgIpc) is 3.32. The number of imidazole rings is 1. The van der Waals surface area contributed by atoms with Crippen LogP contribution in [-0.4, -0.2) is 95.4 Å². The standard InChI is InChI=1S/C14H22N5O11P/c15-14-16-1-4-10(18-14)19(3-17-4)11-9(6(21)5(2-20)27-11)28-12-7(22)8(23)13(29-12)30-31(24,25)26/h3,5-9,11-13,20-23H,1-2H2,(H3,15,16,18)(H2,24,25,26)/t5-,6-,7-,8+,9-,11-,12?,13-/m1/s1. The maximum Gasteiger partial charge on any atom is 0.472 e. The number of nitrogens with zero attached hydrogens (tertiary/aromatic N) is 3. The minimum Gasteiger partial charge on any atom is -0.394 e. The van der Waals surface area contributed by atoms with Crippen molar-refractivity contribution < 1.29 is 53.5 Å². The summed E-state index contributed by atoms with van der Waals surface area (Å²) in [4.78, 5) is 26.0. The zero-order valence-electron chi connectivity index (χ0n) is 15.7. The van der Waals surface area contributed by atoms with Gasteiger partial charge in [-0.15, -0.1) is 0 Å². The topological polar surface area (TPSA) is 244 Å². The predicted octanol–water partition coefficient (Wildman–Crippen LogP) is -3.73. The molecule has 31 heavy (non-hydrogen) atoms.